The highest BCUT2D eigenvalue weighted by Gasteiger charge is 2.28. The summed E-state index contributed by atoms with van der Waals surface area (Å²) in [5.74, 6) is 0.0936. The Morgan fingerprint density at radius 2 is 2.03 bits per heavy atom. The number of piperidine rings is 1. The first kappa shape index (κ1) is 21.4. The second-order valence-electron chi connectivity index (χ2n) is 8.10. The van der Waals surface area contributed by atoms with Crippen LogP contribution in [0.25, 0.3) is 0 Å². The molecule has 0 saturated carbocycles. The highest BCUT2D eigenvalue weighted by molar-refractivity contribution is 7.89. The molecule has 1 aromatic heterocycles. The molecule has 162 valence electrons. The van der Waals surface area contributed by atoms with Crippen molar-refractivity contribution >= 4 is 32.4 Å². The molecule has 1 N–H and O–H groups in total. The van der Waals surface area contributed by atoms with E-state index in [4.69, 9.17) is 0 Å². The van der Waals surface area contributed by atoms with Gasteiger partial charge in [-0.3, -0.25) is 15.0 Å². The number of nitrogens with zero attached hydrogens (tertiary/aromatic N) is 3. The molecule has 30 heavy (non-hydrogen) atoms. The summed E-state index contributed by atoms with van der Waals surface area (Å²) in [6.45, 7) is 8.20. The molecule has 9 heteroatoms. The zero-order chi connectivity index (χ0) is 21.3. The van der Waals surface area contributed by atoms with Crippen molar-refractivity contribution in [2.45, 2.75) is 44.6 Å². The van der Waals surface area contributed by atoms with Gasteiger partial charge >= 0.3 is 0 Å². The zero-order valence-corrected chi connectivity index (χ0v) is 19.1. The maximum atomic E-state index is 12.9. The van der Waals surface area contributed by atoms with Crippen molar-refractivity contribution in [1.29, 1.82) is 0 Å². The standard InChI is InChI=1S/C21H28N4O3S2/c1-3-24-12-10-18-19(14-24)29-21(22-18)23-20(26)16-6-8-17(9-7-16)30(27,28)25-11-4-5-15(2)13-25/h6-9,15H,3-5,10-14H2,1-2H3,(H,22,23,26)/t15-/m0/s1. The summed E-state index contributed by atoms with van der Waals surface area (Å²) in [6.07, 6.45) is 2.84. The van der Waals surface area contributed by atoms with Gasteiger partial charge in [-0.2, -0.15) is 4.31 Å². The topological polar surface area (TPSA) is 82.6 Å². The van der Waals surface area contributed by atoms with Gasteiger partial charge < -0.3 is 0 Å². The SMILES string of the molecule is CCN1CCc2nc(NC(=O)c3ccc(S(=O)(=O)N4CCC[C@H](C)C4)cc3)sc2C1. The van der Waals surface area contributed by atoms with E-state index >= 15 is 0 Å². The van der Waals surface area contributed by atoms with Gasteiger partial charge in [-0.1, -0.05) is 13.8 Å². The molecular formula is C21H28N4O3S2. The summed E-state index contributed by atoms with van der Waals surface area (Å²) < 4.78 is 27.3. The minimum absolute atomic E-state index is 0.234. The Bertz CT molecular complexity index is 1020. The van der Waals surface area contributed by atoms with Gasteiger partial charge in [-0.25, -0.2) is 13.4 Å². The maximum absolute atomic E-state index is 12.9. The minimum Gasteiger partial charge on any atom is -0.298 e. The largest absolute Gasteiger partial charge is 0.298 e. The molecule has 0 spiro atoms. The Hall–Kier alpha value is -1.81. The van der Waals surface area contributed by atoms with Crippen LogP contribution in [0.3, 0.4) is 0 Å². The van der Waals surface area contributed by atoms with Gasteiger partial charge in [0, 0.05) is 43.0 Å². The average Bonchev–Trinajstić information content (AvgIpc) is 3.15. The molecule has 0 unspecified atom stereocenters. The molecule has 2 aromatic rings. The molecule has 1 atom stereocenters. The summed E-state index contributed by atoms with van der Waals surface area (Å²) in [7, 11) is -3.52. The predicted octanol–water partition coefficient (Wildman–Crippen LogP) is 3.19. The first-order valence-corrected chi connectivity index (χ1v) is 12.7. The number of nitrogens with one attached hydrogen (secondary N) is 1. The van der Waals surface area contributed by atoms with Gasteiger partial charge in [-0.15, -0.1) is 11.3 Å². The number of anilines is 1. The smallest absolute Gasteiger partial charge is 0.257 e. The van der Waals surface area contributed by atoms with E-state index in [0.717, 1.165) is 44.6 Å². The summed E-state index contributed by atoms with van der Waals surface area (Å²) in [5, 5.41) is 3.46. The number of likely N-dealkylation sites (N-methyl/N-ethyl adjacent to an activating group) is 1. The molecule has 0 radical (unpaired) electrons. The average molecular weight is 449 g/mol. The second kappa shape index (κ2) is 8.74. The fourth-order valence-electron chi connectivity index (χ4n) is 4.03. The molecular weight excluding hydrogens is 420 g/mol. The Morgan fingerprint density at radius 3 is 2.73 bits per heavy atom. The predicted molar refractivity (Wildman–Crippen MR) is 118 cm³/mol. The molecule has 1 fully saturated rings. The van der Waals surface area contributed by atoms with E-state index in [1.807, 2.05) is 0 Å². The van der Waals surface area contributed by atoms with Crippen LogP contribution in [0, 0.1) is 5.92 Å². The van der Waals surface area contributed by atoms with Crippen LogP contribution in [-0.2, 0) is 23.0 Å². The molecule has 0 aliphatic carbocycles. The van der Waals surface area contributed by atoms with Gasteiger partial charge in [0.15, 0.2) is 5.13 Å². The van der Waals surface area contributed by atoms with E-state index < -0.39 is 10.0 Å². The highest BCUT2D eigenvalue weighted by Crippen LogP contribution is 2.29. The lowest BCUT2D eigenvalue weighted by Gasteiger charge is -2.30. The van der Waals surface area contributed by atoms with E-state index in [2.05, 4.69) is 29.0 Å². The van der Waals surface area contributed by atoms with Gasteiger partial charge in [0.05, 0.1) is 10.6 Å². The van der Waals surface area contributed by atoms with E-state index in [-0.39, 0.29) is 10.8 Å². The lowest BCUT2D eigenvalue weighted by Crippen LogP contribution is -2.39. The Labute approximate surface area is 182 Å². The molecule has 1 saturated heterocycles. The molecule has 2 aliphatic rings. The number of fused-ring (bicyclic) bond motifs is 1. The molecule has 1 amide bonds. The number of amides is 1. The van der Waals surface area contributed by atoms with Crippen molar-refractivity contribution in [2.24, 2.45) is 5.92 Å². The summed E-state index contributed by atoms with van der Waals surface area (Å²) in [6, 6.07) is 6.19. The zero-order valence-electron chi connectivity index (χ0n) is 17.4. The normalized spacial score (nSPS) is 20.7. The number of hydrogen-bond acceptors (Lipinski definition) is 6. The fourth-order valence-corrected chi connectivity index (χ4v) is 6.68. The first-order valence-electron chi connectivity index (χ1n) is 10.5. The van der Waals surface area contributed by atoms with E-state index in [1.54, 1.807) is 16.4 Å². The number of carbonyl (C=O) groups is 1. The summed E-state index contributed by atoms with van der Waals surface area (Å²) in [4.78, 5) is 21.0. The number of aromatic nitrogens is 1. The molecule has 4 rings (SSSR count). The number of sulfonamides is 1. The van der Waals surface area contributed by atoms with Gasteiger partial charge in [0.1, 0.15) is 0 Å². The Balaban J connectivity index is 1.44. The highest BCUT2D eigenvalue weighted by atomic mass is 32.2. The Kier molecular flexibility index (Phi) is 6.24. The molecule has 2 aliphatic heterocycles. The van der Waals surface area contributed by atoms with Crippen molar-refractivity contribution in [3.63, 3.8) is 0 Å². The van der Waals surface area contributed by atoms with Crippen LogP contribution < -0.4 is 5.32 Å². The van der Waals surface area contributed by atoms with Crippen molar-refractivity contribution in [1.82, 2.24) is 14.2 Å². The third-order valence-electron chi connectivity index (χ3n) is 5.85. The maximum Gasteiger partial charge on any atom is 0.257 e. The first-order chi connectivity index (χ1) is 14.4. The third kappa shape index (κ3) is 4.44. The number of benzene rings is 1. The van der Waals surface area contributed by atoms with Crippen molar-refractivity contribution < 1.29 is 13.2 Å². The van der Waals surface area contributed by atoms with Crippen molar-refractivity contribution in [3.8, 4) is 0 Å². The number of thiazole rings is 1. The quantitative estimate of drug-likeness (QED) is 0.760. The van der Waals surface area contributed by atoms with Crippen LogP contribution in [0.2, 0.25) is 0 Å². The minimum atomic E-state index is -3.52. The van der Waals surface area contributed by atoms with Crippen LogP contribution >= 0.6 is 11.3 Å². The van der Waals surface area contributed by atoms with E-state index in [9.17, 15) is 13.2 Å². The summed E-state index contributed by atoms with van der Waals surface area (Å²) in [5.41, 5.74) is 1.49. The monoisotopic (exact) mass is 448 g/mol. The fraction of sp³-hybridized carbons (Fsp3) is 0.524. The second-order valence-corrected chi connectivity index (χ2v) is 11.1. The lowest BCUT2D eigenvalue weighted by atomic mass is 10.0. The van der Waals surface area contributed by atoms with Gasteiger partial charge in [0.2, 0.25) is 10.0 Å². The van der Waals surface area contributed by atoms with Crippen LogP contribution in [0.4, 0.5) is 5.13 Å². The van der Waals surface area contributed by atoms with Crippen molar-refractivity contribution in [2.75, 3.05) is 31.5 Å². The van der Waals surface area contributed by atoms with Gasteiger partial charge in [0.25, 0.3) is 5.91 Å². The van der Waals surface area contributed by atoms with Crippen molar-refractivity contribution in [3.05, 3.63) is 40.4 Å². The Morgan fingerprint density at radius 1 is 1.27 bits per heavy atom. The number of hydrogen-bond donors (Lipinski definition) is 1. The lowest BCUT2D eigenvalue weighted by molar-refractivity contribution is 0.102. The van der Waals surface area contributed by atoms with Gasteiger partial charge in [-0.05, 0) is 49.6 Å². The number of carbonyl (C=O) groups excluding carboxylic acids is 1. The number of rotatable bonds is 5. The van der Waals surface area contributed by atoms with Crippen LogP contribution in [0.5, 0.6) is 0 Å². The van der Waals surface area contributed by atoms with Crippen LogP contribution in [0.1, 0.15) is 47.6 Å². The summed E-state index contributed by atoms with van der Waals surface area (Å²) >= 11 is 1.52. The van der Waals surface area contributed by atoms with Crippen LogP contribution in [0.15, 0.2) is 29.2 Å². The molecule has 7 nitrogen and oxygen atoms in total. The van der Waals surface area contributed by atoms with E-state index in [1.165, 1.54) is 28.3 Å². The molecule has 1 aromatic carbocycles. The molecule has 0 bridgehead atoms. The van der Waals surface area contributed by atoms with Crippen LogP contribution in [-0.4, -0.2) is 54.7 Å². The van der Waals surface area contributed by atoms with E-state index in [0.29, 0.717) is 29.7 Å². The molecule has 3 heterocycles. The third-order valence-corrected chi connectivity index (χ3v) is 8.73.